The normalized spacial score (nSPS) is 11.5. The maximum atomic E-state index is 13.1. The second-order valence-electron chi connectivity index (χ2n) is 7.65. The van der Waals surface area contributed by atoms with Gasteiger partial charge < -0.3 is 14.7 Å². The number of aromatic nitrogens is 3. The van der Waals surface area contributed by atoms with Crippen molar-refractivity contribution >= 4 is 33.7 Å². The first-order valence-electron chi connectivity index (χ1n) is 9.53. The Balaban J connectivity index is 1.88. The minimum atomic E-state index is -0.868. The van der Waals surface area contributed by atoms with Crippen LogP contribution < -0.4 is 22.2 Å². The van der Waals surface area contributed by atoms with E-state index in [1.165, 1.54) is 29.8 Å². The van der Waals surface area contributed by atoms with Gasteiger partial charge in [-0.1, -0.05) is 13.8 Å². The molecule has 31 heavy (non-hydrogen) atoms. The summed E-state index contributed by atoms with van der Waals surface area (Å²) in [4.78, 5) is 53.2. The molecule has 0 bridgehead atoms. The number of hydrogen-bond acceptors (Lipinski definition) is 5. The highest BCUT2D eigenvalue weighted by atomic mass is 19.1. The molecular formula is C21H19FN4O5. The molecule has 0 fully saturated rings. The molecular weight excluding hydrogens is 407 g/mol. The minimum Gasteiger partial charge on any atom is -0.419 e. The van der Waals surface area contributed by atoms with Crippen LogP contribution in [-0.4, -0.2) is 20.0 Å². The van der Waals surface area contributed by atoms with Crippen LogP contribution in [0.1, 0.15) is 24.2 Å². The van der Waals surface area contributed by atoms with Crippen LogP contribution in [0.2, 0.25) is 0 Å². The molecule has 9 nitrogen and oxygen atoms in total. The fourth-order valence-electron chi connectivity index (χ4n) is 3.40. The van der Waals surface area contributed by atoms with E-state index in [9.17, 15) is 23.6 Å². The lowest BCUT2D eigenvalue weighted by Gasteiger charge is -2.11. The zero-order valence-corrected chi connectivity index (χ0v) is 17.0. The van der Waals surface area contributed by atoms with Gasteiger partial charge in [-0.05, 0) is 36.2 Å². The third-order valence-corrected chi connectivity index (χ3v) is 4.87. The molecule has 3 aromatic heterocycles. The van der Waals surface area contributed by atoms with Gasteiger partial charge in [0.2, 0.25) is 0 Å². The molecule has 0 unspecified atom stereocenters. The van der Waals surface area contributed by atoms with Crippen LogP contribution in [0.15, 0.2) is 49.1 Å². The van der Waals surface area contributed by atoms with E-state index in [1.54, 1.807) is 0 Å². The lowest BCUT2D eigenvalue weighted by Crippen LogP contribution is -2.38. The third-order valence-electron chi connectivity index (χ3n) is 4.87. The summed E-state index contributed by atoms with van der Waals surface area (Å²) in [7, 11) is 1.36. The van der Waals surface area contributed by atoms with Crippen molar-refractivity contribution in [2.45, 2.75) is 20.4 Å². The summed E-state index contributed by atoms with van der Waals surface area (Å²) in [6, 6.07) is 6.15. The molecule has 1 aromatic carbocycles. The van der Waals surface area contributed by atoms with Gasteiger partial charge in [0.05, 0.1) is 5.52 Å². The standard InChI is InChI=1S/C21H19FN4O5/c1-10(2)9-26-17-15(19(28)25(3)21(26)30)16-13(23-17)8-14(20(29)31-16)24-18(27)11-4-6-12(22)7-5-11/h4-8,10,23H,9H2,1-3H3,(H,24,27). The number of anilines is 1. The number of rotatable bonds is 4. The first kappa shape index (κ1) is 20.3. The van der Waals surface area contributed by atoms with Crippen molar-refractivity contribution in [1.82, 2.24) is 14.1 Å². The molecule has 10 heteroatoms. The van der Waals surface area contributed by atoms with Crippen LogP contribution in [0.25, 0.3) is 22.1 Å². The third kappa shape index (κ3) is 3.45. The van der Waals surface area contributed by atoms with E-state index in [0.29, 0.717) is 6.54 Å². The van der Waals surface area contributed by atoms with Gasteiger partial charge >= 0.3 is 11.3 Å². The number of amides is 1. The molecule has 0 atom stereocenters. The fraction of sp³-hybridized carbons (Fsp3) is 0.238. The molecule has 3 heterocycles. The van der Waals surface area contributed by atoms with Crippen molar-refractivity contribution in [2.75, 3.05) is 5.32 Å². The van der Waals surface area contributed by atoms with E-state index >= 15 is 0 Å². The van der Waals surface area contributed by atoms with Crippen LogP contribution in [0.5, 0.6) is 0 Å². The molecule has 0 spiro atoms. The van der Waals surface area contributed by atoms with Gasteiger partial charge in [0.1, 0.15) is 22.5 Å². The number of fused-ring (bicyclic) bond motifs is 3. The van der Waals surface area contributed by atoms with Gasteiger partial charge in [0, 0.05) is 19.2 Å². The van der Waals surface area contributed by atoms with Gasteiger partial charge in [-0.2, -0.15) is 0 Å². The van der Waals surface area contributed by atoms with Gasteiger partial charge in [0.15, 0.2) is 5.58 Å². The summed E-state index contributed by atoms with van der Waals surface area (Å²) in [5, 5.41) is 2.50. The average Bonchev–Trinajstić information content (AvgIpc) is 3.08. The minimum absolute atomic E-state index is 0.00196. The molecule has 1 amide bonds. The van der Waals surface area contributed by atoms with Gasteiger partial charge in [-0.15, -0.1) is 0 Å². The van der Waals surface area contributed by atoms with Gasteiger partial charge in [-0.3, -0.25) is 18.7 Å². The number of nitrogens with zero attached hydrogens (tertiary/aromatic N) is 2. The Hall–Kier alpha value is -3.95. The topological polar surface area (TPSA) is 119 Å². The molecule has 160 valence electrons. The zero-order valence-electron chi connectivity index (χ0n) is 17.0. The molecule has 0 aliphatic heterocycles. The van der Waals surface area contributed by atoms with Crippen molar-refractivity contribution in [1.29, 1.82) is 0 Å². The second kappa shape index (κ2) is 7.38. The largest absolute Gasteiger partial charge is 0.419 e. The Bertz CT molecular complexity index is 1510. The van der Waals surface area contributed by atoms with Crippen LogP contribution >= 0.6 is 0 Å². The molecule has 0 aliphatic carbocycles. The Morgan fingerprint density at radius 2 is 1.87 bits per heavy atom. The van der Waals surface area contributed by atoms with Crippen molar-refractivity contribution < 1.29 is 13.6 Å². The molecule has 4 aromatic rings. The molecule has 0 saturated carbocycles. The fourth-order valence-corrected chi connectivity index (χ4v) is 3.40. The van der Waals surface area contributed by atoms with E-state index in [2.05, 4.69) is 10.3 Å². The van der Waals surface area contributed by atoms with Crippen molar-refractivity contribution in [3.63, 3.8) is 0 Å². The second-order valence-corrected chi connectivity index (χ2v) is 7.65. The van der Waals surface area contributed by atoms with Gasteiger partial charge in [0.25, 0.3) is 11.5 Å². The summed E-state index contributed by atoms with van der Waals surface area (Å²) < 4.78 is 20.8. The maximum absolute atomic E-state index is 13.1. The molecule has 4 rings (SSSR count). The Morgan fingerprint density at radius 1 is 1.19 bits per heavy atom. The first-order chi connectivity index (χ1) is 14.7. The number of H-pyrrole nitrogens is 1. The smallest absolute Gasteiger partial charge is 0.360 e. The summed E-state index contributed by atoms with van der Waals surface area (Å²) in [5.74, 6) is -1.01. The highest BCUT2D eigenvalue weighted by Crippen LogP contribution is 2.23. The number of aromatic amines is 1. The quantitative estimate of drug-likeness (QED) is 0.518. The van der Waals surface area contributed by atoms with E-state index in [0.717, 1.165) is 16.7 Å². The summed E-state index contributed by atoms with van der Waals surface area (Å²) >= 11 is 0. The lowest BCUT2D eigenvalue weighted by molar-refractivity contribution is 0.102. The van der Waals surface area contributed by atoms with Crippen molar-refractivity contribution in [2.24, 2.45) is 13.0 Å². The van der Waals surface area contributed by atoms with E-state index in [-0.39, 0.29) is 39.3 Å². The van der Waals surface area contributed by atoms with Crippen LogP contribution in [0.4, 0.5) is 10.1 Å². The predicted octanol–water partition coefficient (Wildman–Crippen LogP) is 2.18. The summed E-state index contributed by atoms with van der Waals surface area (Å²) in [6.07, 6.45) is 0. The SMILES string of the molecule is CC(C)Cn1c(=O)n(C)c(=O)c2c3oc(=O)c(NC(=O)c4ccc(F)cc4)cc3[nH]c21. The van der Waals surface area contributed by atoms with E-state index < -0.39 is 28.6 Å². The Kier molecular flexibility index (Phi) is 4.84. The number of nitrogens with one attached hydrogen (secondary N) is 2. The van der Waals surface area contributed by atoms with Crippen LogP contribution in [-0.2, 0) is 13.6 Å². The van der Waals surface area contributed by atoms with Gasteiger partial charge in [-0.25, -0.2) is 14.0 Å². The van der Waals surface area contributed by atoms with E-state index in [4.69, 9.17) is 4.42 Å². The predicted molar refractivity (Wildman–Crippen MR) is 113 cm³/mol. The summed E-state index contributed by atoms with van der Waals surface area (Å²) in [5.41, 5.74) is -1.47. The summed E-state index contributed by atoms with van der Waals surface area (Å²) in [6.45, 7) is 4.19. The highest BCUT2D eigenvalue weighted by Gasteiger charge is 2.20. The highest BCUT2D eigenvalue weighted by molar-refractivity contribution is 6.06. The van der Waals surface area contributed by atoms with Crippen molar-refractivity contribution in [3.05, 3.63) is 73.0 Å². The van der Waals surface area contributed by atoms with Crippen LogP contribution in [0, 0.1) is 11.7 Å². The zero-order chi connectivity index (χ0) is 22.4. The number of hydrogen-bond donors (Lipinski definition) is 2. The van der Waals surface area contributed by atoms with Crippen LogP contribution in [0.3, 0.4) is 0 Å². The Morgan fingerprint density at radius 3 is 2.52 bits per heavy atom. The molecule has 0 saturated heterocycles. The lowest BCUT2D eigenvalue weighted by atomic mass is 10.2. The number of carbonyl (C=O) groups excluding carboxylic acids is 1. The van der Waals surface area contributed by atoms with Crippen molar-refractivity contribution in [3.8, 4) is 0 Å². The number of carbonyl (C=O) groups is 1. The number of benzene rings is 1. The first-order valence-corrected chi connectivity index (χ1v) is 9.53. The molecule has 0 aliphatic rings. The maximum Gasteiger partial charge on any atom is 0.360 e. The Labute approximate surface area is 173 Å². The monoisotopic (exact) mass is 426 g/mol. The molecule has 0 radical (unpaired) electrons. The number of halogens is 1. The van der Waals surface area contributed by atoms with E-state index in [1.807, 2.05) is 13.8 Å². The average molecular weight is 426 g/mol. The molecule has 2 N–H and O–H groups in total.